The summed E-state index contributed by atoms with van der Waals surface area (Å²) < 4.78 is 0. The van der Waals surface area contributed by atoms with E-state index in [2.05, 4.69) is 16.0 Å². The van der Waals surface area contributed by atoms with Crippen LogP contribution in [0.25, 0.3) is 0 Å². The fraction of sp³-hybridized carbons (Fsp3) is 0.776. The van der Waals surface area contributed by atoms with Crippen LogP contribution in [-0.4, -0.2) is 243 Å². The first-order valence-corrected chi connectivity index (χ1v) is 28.1. The number of hydrogen-bond acceptors (Lipinski definition) is 17. The van der Waals surface area contributed by atoms with Crippen molar-refractivity contribution in [3.63, 3.8) is 0 Å². The lowest BCUT2D eigenvalue weighted by Gasteiger charge is -2.45. The standard InChI is InChI=1S/C49H80N16O9S/c1-5-31(2)41-45(73)65(29-38(67)59(41)4)35(13-7-10-18-51)43(71)61-22-26-63(27-23-61)48-56-46(52-19-11-8-14-36-40-32(30-75-36)53-49(74)54-40)55-47(57-48)62-24-20-60(21-25-62)42(70)34(12-6-9-17-50)64-28-37(66)58(3)33(44(64)72)15-16-39(68)69/h31-36,40-41H,5-30,50-51H2,1-4H3,(H,68,69)(H2,53,54,74)(H,52,55,56,57)/t31-,32-,33-,34-,35-,36-,40-,41-/m0/s1. The lowest BCUT2D eigenvalue weighted by Crippen LogP contribution is -2.65. The fourth-order valence-electron chi connectivity index (χ4n) is 11.1. The summed E-state index contributed by atoms with van der Waals surface area (Å²) in [5, 5.41) is 19.2. The molecule has 0 bridgehead atoms. The molecular formula is C49H80N16O9S. The van der Waals surface area contributed by atoms with Crippen LogP contribution in [0, 0.1) is 5.92 Å². The number of aliphatic carboxylic acids is 1. The molecule has 6 aliphatic rings. The van der Waals surface area contributed by atoms with Gasteiger partial charge in [0.1, 0.15) is 37.3 Å². The van der Waals surface area contributed by atoms with Gasteiger partial charge in [0.05, 0.1) is 12.1 Å². The summed E-state index contributed by atoms with van der Waals surface area (Å²) in [7, 11) is 3.14. The van der Waals surface area contributed by atoms with Crippen LogP contribution >= 0.6 is 11.8 Å². The van der Waals surface area contributed by atoms with E-state index in [1.807, 2.05) is 35.4 Å². The van der Waals surface area contributed by atoms with Gasteiger partial charge in [-0.2, -0.15) is 26.7 Å². The third-order valence-electron chi connectivity index (χ3n) is 15.9. The Balaban J connectivity index is 1.05. The van der Waals surface area contributed by atoms with Crippen molar-refractivity contribution in [2.24, 2.45) is 17.4 Å². The Bertz CT molecular complexity index is 2220. The van der Waals surface area contributed by atoms with Crippen LogP contribution in [0.4, 0.5) is 22.6 Å². The lowest BCUT2D eigenvalue weighted by molar-refractivity contribution is -0.163. The Labute approximate surface area is 443 Å². The van der Waals surface area contributed by atoms with Crippen molar-refractivity contribution in [3.8, 4) is 0 Å². The molecule has 6 fully saturated rings. The molecule has 0 saturated carbocycles. The maximum atomic E-state index is 14.5. The second kappa shape index (κ2) is 26.3. The Kier molecular flexibility index (Phi) is 20.0. The number of likely N-dealkylation sites (N-methyl/N-ethyl adjacent to an activating group) is 2. The summed E-state index contributed by atoms with van der Waals surface area (Å²) in [5.74, 6) is -0.803. The number of anilines is 3. The number of rotatable bonds is 25. The summed E-state index contributed by atoms with van der Waals surface area (Å²) >= 11 is 1.88. The van der Waals surface area contributed by atoms with E-state index in [0.29, 0.717) is 127 Å². The third-order valence-corrected chi connectivity index (χ3v) is 17.4. The number of carbonyl (C=O) groups is 8. The molecule has 0 unspecified atom stereocenters. The van der Waals surface area contributed by atoms with E-state index in [9.17, 15) is 43.5 Å². The van der Waals surface area contributed by atoms with Gasteiger partial charge in [0.25, 0.3) is 0 Å². The molecule has 7 rings (SSSR count). The summed E-state index contributed by atoms with van der Waals surface area (Å²) in [5.41, 5.74) is 11.7. The zero-order valence-electron chi connectivity index (χ0n) is 44.2. The maximum absolute atomic E-state index is 14.5. The van der Waals surface area contributed by atoms with Gasteiger partial charge in [0.2, 0.25) is 53.3 Å². The number of nitrogens with two attached hydrogens (primary N) is 2. The van der Waals surface area contributed by atoms with E-state index < -0.39 is 36.0 Å². The predicted molar refractivity (Wildman–Crippen MR) is 281 cm³/mol. The zero-order chi connectivity index (χ0) is 53.9. The number of unbranched alkanes of at least 4 members (excludes halogenated alkanes) is 3. The van der Waals surface area contributed by atoms with E-state index in [1.165, 1.54) is 26.6 Å². The van der Waals surface area contributed by atoms with Crippen molar-refractivity contribution < 1.29 is 43.5 Å². The molecule has 1 aromatic rings. The van der Waals surface area contributed by atoms with Crippen LogP contribution < -0.4 is 37.2 Å². The second-order valence-electron chi connectivity index (χ2n) is 20.7. The van der Waals surface area contributed by atoms with Gasteiger partial charge in [0.15, 0.2) is 0 Å². The topological polar surface area (TPSA) is 310 Å². The van der Waals surface area contributed by atoms with Gasteiger partial charge in [0, 0.05) is 90.4 Å². The number of urea groups is 1. The molecule has 6 saturated heterocycles. The van der Waals surface area contributed by atoms with Crippen LogP contribution in [0.2, 0.25) is 0 Å². The van der Waals surface area contributed by atoms with Crippen molar-refractivity contribution in [1.82, 2.24) is 55.0 Å². The SMILES string of the molecule is CC[C@H](C)[C@H]1C(=O)N([C@@H](CCCCN)C(=O)N2CCN(c3nc(NCCCC[C@@H]4SC[C@@H]5NC(=O)N[C@@H]54)nc(N4CCN(C(=O)[C@H](CCCCN)N5CC(=O)N(C)[C@@H](CCC(=O)O)C5=O)CC4)n3)CC2)CC(=O)N1C. The third kappa shape index (κ3) is 13.6. The Morgan fingerprint density at radius 1 is 0.720 bits per heavy atom. The number of carboxylic acids is 1. The molecule has 8 N–H and O–H groups in total. The Hall–Kier alpha value is -5.76. The minimum Gasteiger partial charge on any atom is -0.481 e. The van der Waals surface area contributed by atoms with Crippen LogP contribution in [-0.2, 0) is 33.6 Å². The van der Waals surface area contributed by atoms with Crippen LogP contribution in [0.1, 0.15) is 90.9 Å². The average molecular weight is 1070 g/mol. The van der Waals surface area contributed by atoms with E-state index in [4.69, 9.17) is 26.4 Å². The number of fused-ring (bicyclic) bond motifs is 1. The molecule has 8 atom stereocenters. The first kappa shape index (κ1) is 57.0. The van der Waals surface area contributed by atoms with Gasteiger partial charge in [-0.25, -0.2) is 4.79 Å². The van der Waals surface area contributed by atoms with Crippen LogP contribution in [0.5, 0.6) is 0 Å². The summed E-state index contributed by atoms with van der Waals surface area (Å²) in [6.45, 7) is 7.60. The number of nitrogens with zero attached hydrogens (tertiary/aromatic N) is 11. The van der Waals surface area contributed by atoms with E-state index in [0.717, 1.165) is 25.0 Å². The normalized spacial score (nSPS) is 24.6. The molecule has 7 heterocycles. The monoisotopic (exact) mass is 1070 g/mol. The Morgan fingerprint density at radius 2 is 1.27 bits per heavy atom. The molecule has 416 valence electrons. The van der Waals surface area contributed by atoms with Crippen LogP contribution in [0.15, 0.2) is 0 Å². The van der Waals surface area contributed by atoms with Gasteiger partial charge < -0.3 is 71.7 Å². The smallest absolute Gasteiger partial charge is 0.315 e. The molecule has 0 spiro atoms. The summed E-state index contributed by atoms with van der Waals surface area (Å²) in [6, 6.07) is -3.20. The Morgan fingerprint density at radius 3 is 1.80 bits per heavy atom. The molecule has 26 heteroatoms. The molecule has 0 radical (unpaired) electrons. The van der Waals surface area contributed by atoms with Crippen LogP contribution in [0.3, 0.4) is 0 Å². The highest BCUT2D eigenvalue weighted by atomic mass is 32.2. The number of carboxylic acid groups (broad SMARTS) is 1. The lowest BCUT2D eigenvalue weighted by atomic mass is 9.93. The number of thioether (sulfide) groups is 1. The molecule has 1 aromatic heterocycles. The molecule has 6 aliphatic heterocycles. The highest BCUT2D eigenvalue weighted by molar-refractivity contribution is 8.00. The number of hydrogen-bond donors (Lipinski definition) is 6. The van der Waals surface area contributed by atoms with E-state index in [-0.39, 0.29) is 92.6 Å². The van der Waals surface area contributed by atoms with Crippen molar-refractivity contribution in [2.45, 2.75) is 132 Å². The van der Waals surface area contributed by atoms with Crippen molar-refractivity contribution in [3.05, 3.63) is 0 Å². The van der Waals surface area contributed by atoms with Gasteiger partial charge in [-0.15, -0.1) is 0 Å². The van der Waals surface area contributed by atoms with E-state index in [1.54, 1.807) is 16.8 Å². The molecule has 8 amide bonds. The summed E-state index contributed by atoms with van der Waals surface area (Å²) in [6.07, 6.45) is 6.18. The highest BCUT2D eigenvalue weighted by Crippen LogP contribution is 2.33. The largest absolute Gasteiger partial charge is 0.481 e. The second-order valence-corrected chi connectivity index (χ2v) is 22.0. The number of carbonyl (C=O) groups excluding carboxylic acids is 7. The zero-order valence-corrected chi connectivity index (χ0v) is 45.0. The summed E-state index contributed by atoms with van der Waals surface area (Å²) in [4.78, 5) is 135. The van der Waals surface area contributed by atoms with Gasteiger partial charge >= 0.3 is 12.0 Å². The van der Waals surface area contributed by atoms with Crippen molar-refractivity contribution >= 4 is 77.1 Å². The number of amides is 8. The number of piperazine rings is 4. The predicted octanol–water partition coefficient (Wildman–Crippen LogP) is -0.839. The van der Waals surface area contributed by atoms with Gasteiger partial charge in [-0.05, 0) is 76.8 Å². The number of aromatic nitrogens is 3. The molecular weight excluding hydrogens is 989 g/mol. The first-order chi connectivity index (χ1) is 36.0. The van der Waals surface area contributed by atoms with Gasteiger partial charge in [-0.3, -0.25) is 33.6 Å². The minimum atomic E-state index is -1.08. The molecule has 25 nitrogen and oxygen atoms in total. The highest BCUT2D eigenvalue weighted by Gasteiger charge is 2.47. The van der Waals surface area contributed by atoms with Gasteiger partial charge in [-0.1, -0.05) is 26.7 Å². The average Bonchev–Trinajstić information content (AvgIpc) is 3.97. The molecule has 0 aliphatic carbocycles. The quantitative estimate of drug-likeness (QED) is 0.0514. The molecule has 75 heavy (non-hydrogen) atoms. The fourth-order valence-corrected chi connectivity index (χ4v) is 12.7. The first-order valence-electron chi connectivity index (χ1n) is 27.0. The maximum Gasteiger partial charge on any atom is 0.315 e. The van der Waals surface area contributed by atoms with Crippen molar-refractivity contribution in [2.75, 3.05) is 120 Å². The van der Waals surface area contributed by atoms with Crippen molar-refractivity contribution in [1.29, 1.82) is 0 Å². The minimum absolute atomic E-state index is 0.0651. The number of nitrogens with one attached hydrogen (secondary N) is 3. The van der Waals surface area contributed by atoms with E-state index >= 15 is 0 Å². The molecule has 0 aromatic carbocycles.